The second kappa shape index (κ2) is 7.92. The smallest absolute Gasteiger partial charge is 0.209 e. The molecular weight excluding hydrogens is 414 g/mol. The molecule has 1 N–H and O–H groups in total. The monoisotopic (exact) mass is 436 g/mol. The quantitative estimate of drug-likeness (QED) is 0.797. The SMILES string of the molecule is Cc1ccc([C@@H]2CC(N3CC[C@H](NS(C)(=O)=O)C3)=NO2)c(-c2ncc(F)cc2F)c1. The van der Waals surface area contributed by atoms with Crippen molar-refractivity contribution in [2.45, 2.75) is 31.9 Å². The molecule has 10 heteroatoms. The number of hydrogen-bond donors (Lipinski definition) is 1. The number of likely N-dealkylation sites (tertiary alicyclic amines) is 1. The number of nitrogens with one attached hydrogen (secondary N) is 1. The van der Waals surface area contributed by atoms with Gasteiger partial charge < -0.3 is 9.74 Å². The lowest BCUT2D eigenvalue weighted by molar-refractivity contribution is 0.0859. The van der Waals surface area contributed by atoms with Gasteiger partial charge in [0.1, 0.15) is 17.3 Å². The van der Waals surface area contributed by atoms with Gasteiger partial charge in [0, 0.05) is 36.3 Å². The summed E-state index contributed by atoms with van der Waals surface area (Å²) in [6.07, 6.45) is 2.83. The Labute approximate surface area is 173 Å². The molecule has 1 fully saturated rings. The summed E-state index contributed by atoms with van der Waals surface area (Å²) in [4.78, 5) is 11.6. The highest BCUT2D eigenvalue weighted by Gasteiger charge is 2.33. The van der Waals surface area contributed by atoms with Crippen LogP contribution >= 0.6 is 0 Å². The fourth-order valence-corrected chi connectivity index (χ4v) is 4.68. The average molecular weight is 436 g/mol. The molecule has 2 aromatic rings. The molecule has 1 aromatic carbocycles. The molecule has 30 heavy (non-hydrogen) atoms. The Morgan fingerprint density at radius 2 is 2.07 bits per heavy atom. The van der Waals surface area contributed by atoms with Gasteiger partial charge in [-0.2, -0.15) is 0 Å². The molecule has 3 heterocycles. The molecule has 0 saturated carbocycles. The highest BCUT2D eigenvalue weighted by molar-refractivity contribution is 7.88. The van der Waals surface area contributed by atoms with Crippen molar-refractivity contribution >= 4 is 15.9 Å². The zero-order valence-electron chi connectivity index (χ0n) is 16.6. The van der Waals surface area contributed by atoms with E-state index in [1.165, 1.54) is 0 Å². The van der Waals surface area contributed by atoms with Crippen LogP contribution in [-0.2, 0) is 14.9 Å². The minimum Gasteiger partial charge on any atom is -0.386 e. The van der Waals surface area contributed by atoms with Gasteiger partial charge in [-0.3, -0.25) is 4.98 Å². The first kappa shape index (κ1) is 20.7. The third-order valence-electron chi connectivity index (χ3n) is 5.21. The summed E-state index contributed by atoms with van der Waals surface area (Å²) >= 11 is 0. The van der Waals surface area contributed by atoms with Crippen LogP contribution in [0.15, 0.2) is 35.6 Å². The van der Waals surface area contributed by atoms with Crippen LogP contribution in [0.4, 0.5) is 8.78 Å². The number of aryl methyl sites for hydroxylation is 1. The number of aromatic nitrogens is 1. The summed E-state index contributed by atoms with van der Waals surface area (Å²) in [5, 5.41) is 4.19. The van der Waals surface area contributed by atoms with Crippen LogP contribution in [0.1, 0.15) is 30.1 Å². The van der Waals surface area contributed by atoms with Crippen LogP contribution in [0.2, 0.25) is 0 Å². The van der Waals surface area contributed by atoms with Gasteiger partial charge in [-0.15, -0.1) is 0 Å². The number of benzene rings is 1. The van der Waals surface area contributed by atoms with Crippen molar-refractivity contribution in [1.29, 1.82) is 0 Å². The Morgan fingerprint density at radius 3 is 2.80 bits per heavy atom. The molecule has 2 atom stereocenters. The average Bonchev–Trinajstić information content (AvgIpc) is 3.30. The summed E-state index contributed by atoms with van der Waals surface area (Å²) in [5.74, 6) is -0.758. The molecule has 160 valence electrons. The lowest BCUT2D eigenvalue weighted by Gasteiger charge is -2.18. The molecule has 0 amide bonds. The third kappa shape index (κ3) is 4.44. The molecular formula is C20H22F2N4O3S. The van der Waals surface area contributed by atoms with E-state index in [-0.39, 0.29) is 11.7 Å². The number of rotatable bonds is 4. The predicted octanol–water partition coefficient (Wildman–Crippen LogP) is 2.73. The molecule has 0 aliphatic carbocycles. The zero-order valence-corrected chi connectivity index (χ0v) is 17.4. The predicted molar refractivity (Wildman–Crippen MR) is 108 cm³/mol. The molecule has 0 unspecified atom stereocenters. The van der Waals surface area contributed by atoms with E-state index in [0.717, 1.165) is 29.9 Å². The topological polar surface area (TPSA) is 83.9 Å². The van der Waals surface area contributed by atoms with E-state index < -0.39 is 27.8 Å². The van der Waals surface area contributed by atoms with E-state index in [1.807, 2.05) is 24.0 Å². The maximum Gasteiger partial charge on any atom is 0.209 e. The van der Waals surface area contributed by atoms with Crippen LogP contribution in [0.3, 0.4) is 0 Å². The summed E-state index contributed by atoms with van der Waals surface area (Å²) in [6.45, 7) is 3.05. The van der Waals surface area contributed by atoms with Gasteiger partial charge in [0.2, 0.25) is 10.0 Å². The van der Waals surface area contributed by atoms with E-state index in [1.54, 1.807) is 6.07 Å². The van der Waals surface area contributed by atoms with Crippen LogP contribution in [0.5, 0.6) is 0 Å². The first-order chi connectivity index (χ1) is 14.2. The van der Waals surface area contributed by atoms with Crippen molar-refractivity contribution in [3.8, 4) is 11.3 Å². The van der Waals surface area contributed by atoms with Crippen molar-refractivity contribution in [3.05, 3.63) is 53.2 Å². The van der Waals surface area contributed by atoms with Gasteiger partial charge >= 0.3 is 0 Å². The minimum absolute atomic E-state index is 0.0609. The van der Waals surface area contributed by atoms with Crippen molar-refractivity contribution in [3.63, 3.8) is 0 Å². The highest BCUT2D eigenvalue weighted by Crippen LogP contribution is 2.36. The van der Waals surface area contributed by atoms with Crippen molar-refractivity contribution in [1.82, 2.24) is 14.6 Å². The standard InChI is InChI=1S/C20H22F2N4O3S/c1-12-3-4-15(16(7-12)20-17(22)8-13(21)10-23-20)18-9-19(24-29-18)26-6-5-14(11-26)25-30(2,27)28/h3-4,7-8,10,14,18,25H,5-6,9,11H2,1-2H3/t14-,18-/m0/s1. The van der Waals surface area contributed by atoms with Gasteiger partial charge in [-0.1, -0.05) is 22.9 Å². The number of halogens is 2. The molecule has 4 rings (SSSR count). The highest BCUT2D eigenvalue weighted by atomic mass is 32.2. The van der Waals surface area contributed by atoms with Crippen molar-refractivity contribution in [2.24, 2.45) is 5.16 Å². The number of pyridine rings is 1. The number of oxime groups is 1. The summed E-state index contributed by atoms with van der Waals surface area (Å²) < 4.78 is 53.2. The largest absolute Gasteiger partial charge is 0.386 e. The lowest BCUT2D eigenvalue weighted by Crippen LogP contribution is -2.37. The number of amidine groups is 1. The van der Waals surface area contributed by atoms with Gasteiger partial charge in [-0.25, -0.2) is 21.9 Å². The molecule has 1 saturated heterocycles. The molecule has 7 nitrogen and oxygen atoms in total. The van der Waals surface area contributed by atoms with Gasteiger partial charge in [0.25, 0.3) is 0 Å². The third-order valence-corrected chi connectivity index (χ3v) is 5.97. The molecule has 0 bridgehead atoms. The Balaban J connectivity index is 1.53. The van der Waals surface area contributed by atoms with Crippen molar-refractivity contribution in [2.75, 3.05) is 19.3 Å². The van der Waals surface area contributed by atoms with Crippen LogP contribution < -0.4 is 4.72 Å². The van der Waals surface area contributed by atoms with E-state index in [9.17, 15) is 17.2 Å². The molecule has 2 aliphatic heterocycles. The minimum atomic E-state index is -3.27. The fraction of sp³-hybridized carbons (Fsp3) is 0.400. The first-order valence-electron chi connectivity index (χ1n) is 9.56. The molecule has 0 radical (unpaired) electrons. The normalized spacial score (nSPS) is 21.6. The van der Waals surface area contributed by atoms with E-state index >= 15 is 0 Å². The van der Waals surface area contributed by atoms with E-state index in [4.69, 9.17) is 4.84 Å². The fourth-order valence-electron chi connectivity index (χ4n) is 3.88. The second-order valence-corrected chi connectivity index (χ2v) is 9.48. The summed E-state index contributed by atoms with van der Waals surface area (Å²) in [7, 11) is -3.27. The Hall–Kier alpha value is -2.59. The lowest BCUT2D eigenvalue weighted by atomic mass is 9.95. The van der Waals surface area contributed by atoms with Crippen molar-refractivity contribution < 1.29 is 22.0 Å². The van der Waals surface area contributed by atoms with Crippen LogP contribution in [0.25, 0.3) is 11.3 Å². The van der Waals surface area contributed by atoms with Crippen LogP contribution in [-0.4, -0.2) is 49.5 Å². The molecule has 0 spiro atoms. The molecule has 1 aromatic heterocycles. The van der Waals surface area contributed by atoms with E-state index in [0.29, 0.717) is 37.1 Å². The van der Waals surface area contributed by atoms with E-state index in [2.05, 4.69) is 14.9 Å². The van der Waals surface area contributed by atoms with Gasteiger partial charge in [0.05, 0.1) is 18.9 Å². The van der Waals surface area contributed by atoms with Crippen LogP contribution in [0, 0.1) is 18.6 Å². The summed E-state index contributed by atoms with van der Waals surface area (Å²) in [5.41, 5.74) is 2.22. The van der Waals surface area contributed by atoms with Gasteiger partial charge in [-0.05, 0) is 19.4 Å². The Kier molecular flexibility index (Phi) is 5.46. The maximum atomic E-state index is 14.4. The molecule has 2 aliphatic rings. The Morgan fingerprint density at radius 1 is 1.27 bits per heavy atom. The number of nitrogens with zero attached hydrogens (tertiary/aromatic N) is 3. The first-order valence-corrected chi connectivity index (χ1v) is 11.5. The second-order valence-electron chi connectivity index (χ2n) is 7.70. The number of hydrogen-bond acceptors (Lipinski definition) is 6. The number of sulfonamides is 1. The van der Waals surface area contributed by atoms with Gasteiger partial charge in [0.15, 0.2) is 11.9 Å². The zero-order chi connectivity index (χ0) is 21.5. The maximum absolute atomic E-state index is 14.4. The summed E-state index contributed by atoms with van der Waals surface area (Å²) in [6, 6.07) is 6.17. The Bertz CT molecular complexity index is 1110.